The van der Waals surface area contributed by atoms with Crippen LogP contribution in [0.4, 0.5) is 0 Å². The molecule has 0 saturated heterocycles. The fourth-order valence-electron chi connectivity index (χ4n) is 3.16. The average Bonchev–Trinajstić information content (AvgIpc) is 2.93. The molecular formula is C20H21N3O4. The monoisotopic (exact) mass is 367 g/mol. The average molecular weight is 367 g/mol. The minimum Gasteiger partial charge on any atom is -0.480 e. The number of carboxylic acid groups (broad SMARTS) is 1. The molecule has 2 N–H and O–H groups in total. The van der Waals surface area contributed by atoms with E-state index in [-0.39, 0.29) is 18.7 Å². The number of benzene rings is 2. The molecule has 0 saturated carbocycles. The quantitative estimate of drug-likeness (QED) is 0.664. The van der Waals surface area contributed by atoms with Crippen LogP contribution in [0.5, 0.6) is 0 Å². The van der Waals surface area contributed by atoms with E-state index < -0.39 is 17.9 Å². The number of nitrogens with zero attached hydrogens (tertiary/aromatic N) is 2. The Labute approximate surface area is 155 Å². The van der Waals surface area contributed by atoms with Crippen LogP contribution in [0.1, 0.15) is 12.5 Å². The van der Waals surface area contributed by atoms with Gasteiger partial charge in [-0.1, -0.05) is 42.5 Å². The Balaban J connectivity index is 1.81. The van der Waals surface area contributed by atoms with E-state index >= 15 is 0 Å². The van der Waals surface area contributed by atoms with Gasteiger partial charge in [0.2, 0.25) is 5.91 Å². The molecule has 27 heavy (non-hydrogen) atoms. The van der Waals surface area contributed by atoms with Crippen LogP contribution in [0.25, 0.3) is 11.0 Å². The van der Waals surface area contributed by atoms with Crippen molar-refractivity contribution in [3.63, 3.8) is 0 Å². The van der Waals surface area contributed by atoms with E-state index in [1.807, 2.05) is 49.4 Å². The fraction of sp³-hybridized carbons (Fsp3) is 0.250. The Bertz CT molecular complexity index is 1020. The van der Waals surface area contributed by atoms with E-state index in [1.165, 1.54) is 4.57 Å². The highest BCUT2D eigenvalue weighted by Crippen LogP contribution is 2.12. The predicted molar refractivity (Wildman–Crippen MR) is 102 cm³/mol. The summed E-state index contributed by atoms with van der Waals surface area (Å²) in [5.74, 6) is -1.63. The molecule has 140 valence electrons. The number of aliphatic carboxylic acids is 1. The second-order valence-electron chi connectivity index (χ2n) is 6.25. The molecule has 1 amide bonds. The summed E-state index contributed by atoms with van der Waals surface area (Å²) >= 11 is 0. The Kier molecular flexibility index (Phi) is 5.40. The summed E-state index contributed by atoms with van der Waals surface area (Å²) in [6.07, 6.45) is 0.174. The highest BCUT2D eigenvalue weighted by atomic mass is 16.4. The normalized spacial score (nSPS) is 12.0. The van der Waals surface area contributed by atoms with Crippen LogP contribution >= 0.6 is 0 Å². The minimum atomic E-state index is -1.12. The number of carbonyl (C=O) groups is 2. The van der Waals surface area contributed by atoms with E-state index in [4.69, 9.17) is 0 Å². The van der Waals surface area contributed by atoms with Crippen molar-refractivity contribution >= 4 is 22.9 Å². The lowest BCUT2D eigenvalue weighted by Crippen LogP contribution is -2.44. The maximum atomic E-state index is 12.6. The highest BCUT2D eigenvalue weighted by Gasteiger charge is 2.22. The van der Waals surface area contributed by atoms with Crippen LogP contribution in [-0.4, -0.2) is 32.2 Å². The van der Waals surface area contributed by atoms with E-state index in [0.717, 1.165) is 11.1 Å². The van der Waals surface area contributed by atoms with Gasteiger partial charge in [-0.15, -0.1) is 0 Å². The number of imidazole rings is 1. The van der Waals surface area contributed by atoms with E-state index in [9.17, 15) is 19.5 Å². The maximum absolute atomic E-state index is 12.6. The van der Waals surface area contributed by atoms with Gasteiger partial charge < -0.3 is 10.4 Å². The summed E-state index contributed by atoms with van der Waals surface area (Å²) in [4.78, 5) is 36.6. The van der Waals surface area contributed by atoms with Crippen LogP contribution in [0.2, 0.25) is 0 Å². The molecule has 0 unspecified atom stereocenters. The summed E-state index contributed by atoms with van der Waals surface area (Å²) < 4.78 is 2.96. The van der Waals surface area contributed by atoms with Crippen molar-refractivity contribution in [3.8, 4) is 0 Å². The van der Waals surface area contributed by atoms with Gasteiger partial charge >= 0.3 is 11.7 Å². The summed E-state index contributed by atoms with van der Waals surface area (Å²) in [5.41, 5.74) is 1.92. The molecular weight excluding hydrogens is 346 g/mol. The van der Waals surface area contributed by atoms with Gasteiger partial charge in [-0.3, -0.25) is 13.9 Å². The van der Waals surface area contributed by atoms with E-state index in [2.05, 4.69) is 5.32 Å². The Hall–Kier alpha value is -3.35. The smallest absolute Gasteiger partial charge is 0.329 e. The van der Waals surface area contributed by atoms with Gasteiger partial charge in [0.15, 0.2) is 0 Å². The fourth-order valence-corrected chi connectivity index (χ4v) is 3.16. The molecule has 3 aromatic rings. The first-order valence-electron chi connectivity index (χ1n) is 8.75. The largest absolute Gasteiger partial charge is 0.480 e. The number of carboxylic acids is 1. The molecule has 1 heterocycles. The van der Waals surface area contributed by atoms with Crippen molar-refractivity contribution in [2.24, 2.45) is 0 Å². The summed E-state index contributed by atoms with van der Waals surface area (Å²) in [5, 5.41) is 12.0. The number of aromatic nitrogens is 2. The standard InChI is InChI=1S/C20H21N3O4/c1-2-22-16-10-6-7-11-17(16)23(20(22)27)13-18(24)21-15(19(25)26)12-14-8-4-3-5-9-14/h3-11,15H,2,12-13H2,1H3,(H,21,24)(H,25,26)/t15-/m1/s1. The van der Waals surface area contributed by atoms with Gasteiger partial charge in [-0.25, -0.2) is 9.59 Å². The molecule has 0 radical (unpaired) electrons. The van der Waals surface area contributed by atoms with Gasteiger partial charge in [-0.2, -0.15) is 0 Å². The molecule has 0 fully saturated rings. The van der Waals surface area contributed by atoms with Crippen molar-refractivity contribution in [2.75, 3.05) is 0 Å². The minimum absolute atomic E-state index is 0.174. The molecule has 0 spiro atoms. The highest BCUT2D eigenvalue weighted by molar-refractivity contribution is 5.85. The first-order valence-corrected chi connectivity index (χ1v) is 8.75. The molecule has 3 rings (SSSR count). The van der Waals surface area contributed by atoms with Gasteiger partial charge in [0.05, 0.1) is 11.0 Å². The molecule has 0 bridgehead atoms. The number of rotatable bonds is 7. The number of carbonyl (C=O) groups excluding carboxylic acids is 1. The molecule has 0 aliphatic rings. The molecule has 1 atom stereocenters. The lowest BCUT2D eigenvalue weighted by atomic mass is 10.1. The SMILES string of the molecule is CCn1c(=O)n(CC(=O)N[C@H](Cc2ccccc2)C(=O)O)c2ccccc21. The van der Waals surface area contributed by atoms with E-state index in [0.29, 0.717) is 12.1 Å². The number of fused-ring (bicyclic) bond motifs is 1. The van der Waals surface area contributed by atoms with Crippen molar-refractivity contribution in [1.82, 2.24) is 14.5 Å². The number of aryl methyl sites for hydroxylation is 1. The number of nitrogens with one attached hydrogen (secondary N) is 1. The molecule has 0 aliphatic carbocycles. The van der Waals surface area contributed by atoms with Crippen LogP contribution in [0.15, 0.2) is 59.4 Å². The first kappa shape index (κ1) is 18.4. The lowest BCUT2D eigenvalue weighted by Gasteiger charge is -2.15. The molecule has 2 aromatic carbocycles. The zero-order valence-corrected chi connectivity index (χ0v) is 15.0. The van der Waals surface area contributed by atoms with Gasteiger partial charge in [0.1, 0.15) is 12.6 Å². The number of para-hydroxylation sites is 2. The number of hydrogen-bond donors (Lipinski definition) is 2. The Morgan fingerprint density at radius 3 is 2.19 bits per heavy atom. The maximum Gasteiger partial charge on any atom is 0.329 e. The zero-order valence-electron chi connectivity index (χ0n) is 15.0. The second kappa shape index (κ2) is 7.90. The molecule has 1 aromatic heterocycles. The van der Waals surface area contributed by atoms with Gasteiger partial charge in [0.25, 0.3) is 0 Å². The summed E-state index contributed by atoms with van der Waals surface area (Å²) in [6, 6.07) is 15.2. The van der Waals surface area contributed by atoms with Crippen LogP contribution in [-0.2, 0) is 29.1 Å². The predicted octanol–water partition coefficient (Wildman–Crippen LogP) is 1.64. The Morgan fingerprint density at radius 2 is 1.59 bits per heavy atom. The molecule has 7 heteroatoms. The van der Waals surface area contributed by atoms with Crippen molar-refractivity contribution in [1.29, 1.82) is 0 Å². The van der Waals surface area contributed by atoms with Gasteiger partial charge in [0, 0.05) is 13.0 Å². The van der Waals surface area contributed by atoms with Crippen molar-refractivity contribution < 1.29 is 14.7 Å². The van der Waals surface area contributed by atoms with Crippen molar-refractivity contribution in [3.05, 3.63) is 70.6 Å². The number of hydrogen-bond acceptors (Lipinski definition) is 3. The van der Waals surface area contributed by atoms with Crippen LogP contribution < -0.4 is 11.0 Å². The third-order valence-electron chi connectivity index (χ3n) is 4.46. The van der Waals surface area contributed by atoms with Gasteiger partial charge in [-0.05, 0) is 24.6 Å². The zero-order chi connectivity index (χ0) is 19.4. The lowest BCUT2D eigenvalue weighted by molar-refractivity contribution is -0.141. The van der Waals surface area contributed by atoms with Crippen molar-refractivity contribution in [2.45, 2.75) is 32.5 Å². The summed E-state index contributed by atoms with van der Waals surface area (Å²) in [7, 11) is 0. The Morgan fingerprint density at radius 1 is 1.00 bits per heavy atom. The van der Waals surface area contributed by atoms with Crippen LogP contribution in [0, 0.1) is 0 Å². The van der Waals surface area contributed by atoms with E-state index in [1.54, 1.807) is 16.7 Å². The molecule has 7 nitrogen and oxygen atoms in total. The number of amides is 1. The van der Waals surface area contributed by atoms with Crippen LogP contribution in [0.3, 0.4) is 0 Å². The topological polar surface area (TPSA) is 93.3 Å². The third kappa shape index (κ3) is 3.92. The third-order valence-corrected chi connectivity index (χ3v) is 4.46. The first-order chi connectivity index (χ1) is 13.0. The second-order valence-corrected chi connectivity index (χ2v) is 6.25. The summed E-state index contributed by atoms with van der Waals surface area (Å²) in [6.45, 7) is 2.11. The molecule has 0 aliphatic heterocycles.